The van der Waals surface area contributed by atoms with Gasteiger partial charge < -0.3 is 10.3 Å². The van der Waals surface area contributed by atoms with Gasteiger partial charge in [0.1, 0.15) is 5.82 Å². The van der Waals surface area contributed by atoms with Gasteiger partial charge in [0, 0.05) is 11.1 Å². The lowest BCUT2D eigenvalue weighted by Crippen LogP contribution is -2.41. The molecular weight excluding hydrogens is 236 g/mol. The monoisotopic (exact) mass is 258 g/mol. The second kappa shape index (κ2) is 4.60. The Labute approximate surface area is 114 Å². The largest absolute Gasteiger partial charge is 0.340 e. The highest BCUT2D eigenvalue weighted by Crippen LogP contribution is 2.34. The van der Waals surface area contributed by atoms with E-state index >= 15 is 0 Å². The average Bonchev–Trinajstić information content (AvgIpc) is 2.83. The zero-order valence-corrected chi connectivity index (χ0v) is 12.0. The molecule has 1 unspecified atom stereocenters. The van der Waals surface area contributed by atoms with Crippen LogP contribution < -0.4 is 5.32 Å². The van der Waals surface area contributed by atoms with Gasteiger partial charge in [-0.15, -0.1) is 0 Å². The molecule has 4 nitrogen and oxygen atoms in total. The first-order valence-corrected chi connectivity index (χ1v) is 7.12. The van der Waals surface area contributed by atoms with Crippen LogP contribution in [0.3, 0.4) is 0 Å². The zero-order chi connectivity index (χ0) is 13.5. The van der Waals surface area contributed by atoms with Gasteiger partial charge in [0.15, 0.2) is 5.65 Å². The third-order valence-electron chi connectivity index (χ3n) is 4.41. The quantitative estimate of drug-likeness (QED) is 0.870. The number of aryl methyl sites for hydroxylation is 1. The topological polar surface area (TPSA) is 53.6 Å². The molecule has 1 saturated heterocycles. The summed E-state index contributed by atoms with van der Waals surface area (Å²) in [5.41, 5.74) is 2.95. The Morgan fingerprint density at radius 1 is 1.26 bits per heavy atom. The molecule has 3 rings (SSSR count). The van der Waals surface area contributed by atoms with Crippen molar-refractivity contribution in [3.63, 3.8) is 0 Å². The van der Waals surface area contributed by atoms with E-state index in [2.05, 4.69) is 35.2 Å². The first kappa shape index (κ1) is 12.6. The lowest BCUT2D eigenvalue weighted by Gasteiger charge is -2.35. The maximum atomic E-state index is 4.73. The standard InChI is InChI=1S/C15H22N4/c1-10-6-7-12-13(17-10)19-14(18-12)15(2,3)11-5-4-8-16-9-11/h6-7,11,16H,4-5,8-9H2,1-3H3,(H,17,18,19). The van der Waals surface area contributed by atoms with Gasteiger partial charge in [-0.1, -0.05) is 13.8 Å². The van der Waals surface area contributed by atoms with Gasteiger partial charge in [0.25, 0.3) is 0 Å². The molecule has 2 aromatic heterocycles. The highest BCUT2D eigenvalue weighted by Gasteiger charge is 2.34. The summed E-state index contributed by atoms with van der Waals surface area (Å²) < 4.78 is 0. The number of hydrogen-bond donors (Lipinski definition) is 2. The summed E-state index contributed by atoms with van der Waals surface area (Å²) in [6.45, 7) is 8.80. The van der Waals surface area contributed by atoms with Crippen LogP contribution in [0, 0.1) is 12.8 Å². The lowest BCUT2D eigenvalue weighted by molar-refractivity contribution is 0.243. The van der Waals surface area contributed by atoms with Crippen LogP contribution in [-0.2, 0) is 5.41 Å². The highest BCUT2D eigenvalue weighted by molar-refractivity contribution is 5.70. The van der Waals surface area contributed by atoms with E-state index in [9.17, 15) is 0 Å². The van der Waals surface area contributed by atoms with Crippen LogP contribution in [0.1, 0.15) is 38.2 Å². The van der Waals surface area contributed by atoms with E-state index in [4.69, 9.17) is 4.98 Å². The molecule has 2 aromatic rings. The van der Waals surface area contributed by atoms with Crippen molar-refractivity contribution in [3.05, 3.63) is 23.7 Å². The molecular formula is C15H22N4. The molecule has 0 radical (unpaired) electrons. The first-order valence-electron chi connectivity index (χ1n) is 7.12. The Morgan fingerprint density at radius 3 is 2.84 bits per heavy atom. The van der Waals surface area contributed by atoms with Gasteiger partial charge in [-0.05, 0) is 50.9 Å². The summed E-state index contributed by atoms with van der Waals surface area (Å²) in [5, 5.41) is 3.50. The number of hydrogen-bond acceptors (Lipinski definition) is 3. The van der Waals surface area contributed by atoms with Crippen LogP contribution >= 0.6 is 0 Å². The SMILES string of the molecule is Cc1ccc2[nH]c(C(C)(C)C3CCCNC3)nc2n1. The van der Waals surface area contributed by atoms with Crippen LogP contribution in [0.4, 0.5) is 0 Å². The number of nitrogens with one attached hydrogen (secondary N) is 2. The van der Waals surface area contributed by atoms with Crippen LogP contribution in [0.5, 0.6) is 0 Å². The van der Waals surface area contributed by atoms with Crippen molar-refractivity contribution in [2.45, 2.75) is 39.0 Å². The Bertz CT molecular complexity index is 579. The van der Waals surface area contributed by atoms with Crippen molar-refractivity contribution in [3.8, 4) is 0 Å². The Morgan fingerprint density at radius 2 is 2.11 bits per heavy atom. The summed E-state index contributed by atoms with van der Waals surface area (Å²) in [5.74, 6) is 1.69. The van der Waals surface area contributed by atoms with Gasteiger partial charge >= 0.3 is 0 Å². The van der Waals surface area contributed by atoms with Crippen molar-refractivity contribution in [1.82, 2.24) is 20.3 Å². The molecule has 1 fully saturated rings. The number of rotatable bonds is 2. The van der Waals surface area contributed by atoms with E-state index in [1.807, 2.05) is 13.0 Å². The molecule has 0 aliphatic carbocycles. The van der Waals surface area contributed by atoms with Crippen LogP contribution in [0.25, 0.3) is 11.2 Å². The molecule has 3 heterocycles. The third-order valence-corrected chi connectivity index (χ3v) is 4.41. The number of H-pyrrole nitrogens is 1. The molecule has 0 aromatic carbocycles. The van der Waals surface area contributed by atoms with E-state index in [-0.39, 0.29) is 5.41 Å². The van der Waals surface area contributed by atoms with Crippen molar-refractivity contribution >= 4 is 11.2 Å². The average molecular weight is 258 g/mol. The number of pyridine rings is 1. The lowest BCUT2D eigenvalue weighted by atomic mass is 9.74. The number of aromatic nitrogens is 3. The van der Waals surface area contributed by atoms with E-state index in [1.165, 1.54) is 12.8 Å². The van der Waals surface area contributed by atoms with Gasteiger partial charge in [0.05, 0.1) is 5.52 Å². The first-order chi connectivity index (χ1) is 9.07. The predicted octanol–water partition coefficient (Wildman–Crippen LogP) is 2.54. The van der Waals surface area contributed by atoms with Crippen LogP contribution in [0.15, 0.2) is 12.1 Å². The Kier molecular flexibility index (Phi) is 3.05. The highest BCUT2D eigenvalue weighted by atomic mass is 15.0. The van der Waals surface area contributed by atoms with Gasteiger partial charge in [-0.2, -0.15) is 0 Å². The number of fused-ring (bicyclic) bond motifs is 1. The predicted molar refractivity (Wildman–Crippen MR) is 77.2 cm³/mol. The molecule has 0 bridgehead atoms. The van der Waals surface area contributed by atoms with Gasteiger partial charge in [-0.25, -0.2) is 9.97 Å². The van der Waals surface area contributed by atoms with E-state index in [0.717, 1.165) is 35.8 Å². The summed E-state index contributed by atoms with van der Waals surface area (Å²) in [4.78, 5) is 12.7. The van der Waals surface area contributed by atoms with E-state index in [1.54, 1.807) is 0 Å². The van der Waals surface area contributed by atoms with E-state index < -0.39 is 0 Å². The van der Waals surface area contributed by atoms with Crippen LogP contribution in [-0.4, -0.2) is 28.0 Å². The minimum atomic E-state index is 0.0576. The van der Waals surface area contributed by atoms with Crippen LogP contribution in [0.2, 0.25) is 0 Å². The normalized spacial score (nSPS) is 20.9. The molecule has 102 valence electrons. The Hall–Kier alpha value is -1.42. The molecule has 1 aliphatic heterocycles. The minimum absolute atomic E-state index is 0.0576. The summed E-state index contributed by atoms with van der Waals surface area (Å²) in [7, 11) is 0. The van der Waals surface area contributed by atoms with E-state index in [0.29, 0.717) is 5.92 Å². The number of piperidine rings is 1. The third kappa shape index (κ3) is 2.25. The molecule has 0 amide bonds. The molecule has 2 N–H and O–H groups in total. The maximum Gasteiger partial charge on any atom is 0.177 e. The molecule has 0 saturated carbocycles. The molecule has 1 atom stereocenters. The fraction of sp³-hybridized carbons (Fsp3) is 0.600. The summed E-state index contributed by atoms with van der Waals surface area (Å²) in [6, 6.07) is 4.10. The van der Waals surface area contributed by atoms with Crippen molar-refractivity contribution < 1.29 is 0 Å². The maximum absolute atomic E-state index is 4.73. The number of aromatic amines is 1. The second-order valence-corrected chi connectivity index (χ2v) is 6.17. The summed E-state index contributed by atoms with van der Waals surface area (Å²) in [6.07, 6.45) is 2.52. The molecule has 4 heteroatoms. The molecule has 0 spiro atoms. The number of imidazole rings is 1. The smallest absolute Gasteiger partial charge is 0.177 e. The molecule has 19 heavy (non-hydrogen) atoms. The number of nitrogens with zero attached hydrogens (tertiary/aromatic N) is 2. The van der Waals surface area contributed by atoms with Gasteiger partial charge in [0.2, 0.25) is 0 Å². The minimum Gasteiger partial charge on any atom is -0.340 e. The van der Waals surface area contributed by atoms with Crippen molar-refractivity contribution in [2.75, 3.05) is 13.1 Å². The fourth-order valence-corrected chi connectivity index (χ4v) is 2.95. The second-order valence-electron chi connectivity index (χ2n) is 6.17. The zero-order valence-electron chi connectivity index (χ0n) is 12.0. The van der Waals surface area contributed by atoms with Crippen molar-refractivity contribution in [1.29, 1.82) is 0 Å². The Balaban J connectivity index is 1.97. The summed E-state index contributed by atoms with van der Waals surface area (Å²) >= 11 is 0. The van der Waals surface area contributed by atoms with Gasteiger partial charge in [-0.3, -0.25) is 0 Å². The van der Waals surface area contributed by atoms with Crippen molar-refractivity contribution in [2.24, 2.45) is 5.92 Å². The fourth-order valence-electron chi connectivity index (χ4n) is 2.95. The molecule has 1 aliphatic rings.